The molecule has 1 aromatic heterocycles. The Kier molecular flexibility index (Phi) is 3.65. The van der Waals surface area contributed by atoms with Crippen LogP contribution in [0.4, 0.5) is 5.69 Å². The molecule has 0 bridgehead atoms. The molecule has 0 saturated heterocycles. The number of aromatic amines is 1. The molecule has 0 unspecified atom stereocenters. The van der Waals surface area contributed by atoms with Crippen molar-refractivity contribution in [1.82, 2.24) is 9.97 Å². The monoisotopic (exact) mass is 329 g/mol. The van der Waals surface area contributed by atoms with E-state index in [0.717, 1.165) is 16.9 Å². The molecule has 0 amide bonds. The molecular weight excluding hydrogens is 314 g/mol. The molecule has 23 heavy (non-hydrogen) atoms. The van der Waals surface area contributed by atoms with E-state index in [9.17, 15) is 13.2 Å². The van der Waals surface area contributed by atoms with Crippen molar-refractivity contribution in [3.05, 3.63) is 53.9 Å². The zero-order chi connectivity index (χ0) is 16.6. The molecule has 0 saturated carbocycles. The zero-order valence-corrected chi connectivity index (χ0v) is 13.4. The van der Waals surface area contributed by atoms with Gasteiger partial charge in [-0.25, -0.2) is 13.4 Å². The average Bonchev–Trinajstić information content (AvgIpc) is 2.86. The Morgan fingerprint density at radius 1 is 1.13 bits per heavy atom. The summed E-state index contributed by atoms with van der Waals surface area (Å²) in [5, 5.41) is 0. The maximum atomic E-state index is 12.4. The second-order valence-corrected chi connectivity index (χ2v) is 6.92. The van der Waals surface area contributed by atoms with Crippen LogP contribution in [0.2, 0.25) is 0 Å². The molecular formula is C16H15N3O3S. The van der Waals surface area contributed by atoms with Gasteiger partial charge < -0.3 is 4.98 Å². The van der Waals surface area contributed by atoms with Gasteiger partial charge in [0.2, 0.25) is 0 Å². The van der Waals surface area contributed by atoms with Gasteiger partial charge in [-0.2, -0.15) is 0 Å². The largest absolute Gasteiger partial charge is 0.342 e. The van der Waals surface area contributed by atoms with Crippen LogP contribution < -0.4 is 4.72 Å². The number of imidazole rings is 1. The highest BCUT2D eigenvalue weighted by molar-refractivity contribution is 7.92. The van der Waals surface area contributed by atoms with E-state index in [0.29, 0.717) is 11.3 Å². The number of nitrogens with zero attached hydrogens (tertiary/aromatic N) is 1. The lowest BCUT2D eigenvalue weighted by Crippen LogP contribution is -2.13. The van der Waals surface area contributed by atoms with E-state index in [1.807, 2.05) is 6.92 Å². The summed E-state index contributed by atoms with van der Waals surface area (Å²) < 4.78 is 27.3. The Morgan fingerprint density at radius 2 is 1.83 bits per heavy atom. The first-order valence-corrected chi connectivity index (χ1v) is 8.44. The quantitative estimate of drug-likeness (QED) is 0.720. The minimum Gasteiger partial charge on any atom is -0.342 e. The first-order chi connectivity index (χ1) is 10.8. The number of sulfonamides is 1. The lowest BCUT2D eigenvalue weighted by molar-refractivity contribution is 0.101. The zero-order valence-electron chi connectivity index (χ0n) is 12.6. The van der Waals surface area contributed by atoms with Crippen molar-refractivity contribution in [3.8, 4) is 0 Å². The van der Waals surface area contributed by atoms with Crippen molar-refractivity contribution in [1.29, 1.82) is 0 Å². The summed E-state index contributed by atoms with van der Waals surface area (Å²) in [7, 11) is -3.71. The third kappa shape index (κ3) is 3.09. The fourth-order valence-corrected chi connectivity index (χ4v) is 3.33. The Hall–Kier alpha value is -2.67. The van der Waals surface area contributed by atoms with Crippen LogP contribution in [-0.2, 0) is 10.0 Å². The maximum Gasteiger partial charge on any atom is 0.261 e. The molecule has 0 aliphatic heterocycles. The predicted octanol–water partition coefficient (Wildman–Crippen LogP) is 2.87. The van der Waals surface area contributed by atoms with E-state index in [-0.39, 0.29) is 10.7 Å². The van der Waals surface area contributed by atoms with Gasteiger partial charge in [0.05, 0.1) is 21.6 Å². The van der Waals surface area contributed by atoms with Crippen molar-refractivity contribution in [2.45, 2.75) is 18.7 Å². The molecule has 3 aromatic rings. The summed E-state index contributed by atoms with van der Waals surface area (Å²) in [6, 6.07) is 10.9. The minimum atomic E-state index is -3.71. The second kappa shape index (κ2) is 5.51. The van der Waals surface area contributed by atoms with E-state index >= 15 is 0 Å². The van der Waals surface area contributed by atoms with Crippen molar-refractivity contribution in [2.75, 3.05) is 4.72 Å². The van der Waals surface area contributed by atoms with Crippen LogP contribution in [0, 0.1) is 6.92 Å². The van der Waals surface area contributed by atoms with E-state index in [2.05, 4.69) is 14.7 Å². The molecule has 0 spiro atoms. The van der Waals surface area contributed by atoms with Gasteiger partial charge in [-0.1, -0.05) is 12.1 Å². The number of H-pyrrole nitrogens is 1. The van der Waals surface area contributed by atoms with E-state index < -0.39 is 10.0 Å². The third-order valence-electron chi connectivity index (χ3n) is 3.42. The number of fused-ring (bicyclic) bond motifs is 1. The van der Waals surface area contributed by atoms with Gasteiger partial charge in [-0.3, -0.25) is 9.52 Å². The highest BCUT2D eigenvalue weighted by Gasteiger charge is 2.15. The first-order valence-electron chi connectivity index (χ1n) is 6.95. The van der Waals surface area contributed by atoms with Gasteiger partial charge in [-0.05, 0) is 44.2 Å². The molecule has 0 radical (unpaired) electrons. The molecule has 0 aliphatic rings. The standard InChI is InChI=1S/C16H15N3O3S/c1-10(20)12-3-6-14(7-4-12)23(21,22)19-13-5-8-15-16(9-13)18-11(2)17-15/h3-9,19H,1-2H3,(H,17,18). The number of hydrogen-bond acceptors (Lipinski definition) is 4. The molecule has 0 atom stereocenters. The fourth-order valence-electron chi connectivity index (χ4n) is 2.28. The number of anilines is 1. The third-order valence-corrected chi connectivity index (χ3v) is 4.82. The Balaban J connectivity index is 1.90. The van der Waals surface area contributed by atoms with Gasteiger partial charge >= 0.3 is 0 Å². The lowest BCUT2D eigenvalue weighted by atomic mass is 10.2. The molecule has 2 N–H and O–H groups in total. The topological polar surface area (TPSA) is 91.9 Å². The Bertz CT molecular complexity index is 989. The number of aryl methyl sites for hydroxylation is 1. The normalized spacial score (nSPS) is 11.6. The van der Waals surface area contributed by atoms with Crippen LogP contribution in [-0.4, -0.2) is 24.2 Å². The number of rotatable bonds is 4. The minimum absolute atomic E-state index is 0.100. The van der Waals surface area contributed by atoms with Crippen molar-refractivity contribution in [3.63, 3.8) is 0 Å². The fraction of sp³-hybridized carbons (Fsp3) is 0.125. The van der Waals surface area contributed by atoms with E-state index in [1.165, 1.54) is 31.2 Å². The molecule has 6 nitrogen and oxygen atoms in total. The van der Waals surface area contributed by atoms with Crippen LogP contribution in [0.25, 0.3) is 11.0 Å². The molecule has 0 aliphatic carbocycles. The molecule has 0 fully saturated rings. The van der Waals surface area contributed by atoms with Crippen molar-refractivity contribution < 1.29 is 13.2 Å². The van der Waals surface area contributed by atoms with Crippen molar-refractivity contribution in [2.24, 2.45) is 0 Å². The first kappa shape index (κ1) is 15.2. The number of Topliss-reactive ketones (excluding diaryl/α,β-unsaturated/α-hetero) is 1. The SMILES string of the molecule is CC(=O)c1ccc(S(=O)(=O)Nc2ccc3nc(C)[nH]c3c2)cc1. The summed E-state index contributed by atoms with van der Waals surface area (Å²) >= 11 is 0. The van der Waals surface area contributed by atoms with E-state index in [4.69, 9.17) is 0 Å². The number of hydrogen-bond donors (Lipinski definition) is 2. The summed E-state index contributed by atoms with van der Waals surface area (Å²) in [4.78, 5) is 18.7. The maximum absolute atomic E-state index is 12.4. The van der Waals surface area contributed by atoms with Gasteiger partial charge in [-0.15, -0.1) is 0 Å². The average molecular weight is 329 g/mol. The smallest absolute Gasteiger partial charge is 0.261 e. The lowest BCUT2D eigenvalue weighted by Gasteiger charge is -2.08. The number of carbonyl (C=O) groups excluding carboxylic acids is 1. The Labute approximate surface area is 133 Å². The highest BCUT2D eigenvalue weighted by atomic mass is 32.2. The van der Waals surface area contributed by atoms with Gasteiger partial charge in [0.15, 0.2) is 5.78 Å². The number of nitrogens with one attached hydrogen (secondary N) is 2. The number of carbonyl (C=O) groups is 1. The second-order valence-electron chi connectivity index (χ2n) is 5.24. The van der Waals surface area contributed by atoms with Gasteiger partial charge in [0.1, 0.15) is 5.82 Å². The van der Waals surface area contributed by atoms with Crippen LogP contribution in [0.5, 0.6) is 0 Å². The molecule has 1 heterocycles. The summed E-state index contributed by atoms with van der Waals surface area (Å²) in [5.74, 6) is 0.654. The van der Waals surface area contributed by atoms with Gasteiger partial charge in [0.25, 0.3) is 10.0 Å². The number of aromatic nitrogens is 2. The molecule has 2 aromatic carbocycles. The predicted molar refractivity (Wildman–Crippen MR) is 88.1 cm³/mol. The summed E-state index contributed by atoms with van der Waals surface area (Å²) in [6.45, 7) is 3.27. The molecule has 3 rings (SSSR count). The van der Waals surface area contributed by atoms with E-state index in [1.54, 1.807) is 18.2 Å². The highest BCUT2D eigenvalue weighted by Crippen LogP contribution is 2.21. The summed E-state index contributed by atoms with van der Waals surface area (Å²) in [5.41, 5.74) is 2.45. The van der Waals surface area contributed by atoms with Crippen LogP contribution in [0.1, 0.15) is 23.1 Å². The Morgan fingerprint density at radius 3 is 2.48 bits per heavy atom. The number of ketones is 1. The van der Waals surface area contributed by atoms with Crippen LogP contribution in [0.15, 0.2) is 47.4 Å². The molecule has 118 valence electrons. The number of benzene rings is 2. The summed E-state index contributed by atoms with van der Waals surface area (Å²) in [6.07, 6.45) is 0. The van der Waals surface area contributed by atoms with Crippen LogP contribution >= 0.6 is 0 Å². The van der Waals surface area contributed by atoms with Crippen LogP contribution in [0.3, 0.4) is 0 Å². The molecule has 7 heteroatoms. The van der Waals surface area contributed by atoms with Crippen molar-refractivity contribution >= 4 is 32.5 Å². The van der Waals surface area contributed by atoms with Gasteiger partial charge in [0, 0.05) is 5.56 Å².